The van der Waals surface area contributed by atoms with Gasteiger partial charge >= 0.3 is 11.9 Å². The third-order valence-corrected chi connectivity index (χ3v) is 13.1. The van der Waals surface area contributed by atoms with E-state index in [1.165, 1.54) is 167 Å². The molecule has 0 saturated carbocycles. The van der Waals surface area contributed by atoms with Crippen molar-refractivity contribution < 1.29 is 24.2 Å². The summed E-state index contributed by atoms with van der Waals surface area (Å²) in [4.78, 5) is 24.6. The molecule has 0 saturated heterocycles. The molecular weight excluding hydrogens is 873 g/mol. The van der Waals surface area contributed by atoms with Gasteiger partial charge in [-0.05, 0) is 77.0 Å². The van der Waals surface area contributed by atoms with Gasteiger partial charge in [0, 0.05) is 12.8 Å². The average Bonchev–Trinajstić information content (AvgIpc) is 3.37. The fraction of sp³-hybridized carbons (Fsp3) is 0.727. The minimum atomic E-state index is -0.786. The van der Waals surface area contributed by atoms with Gasteiger partial charge in [-0.1, -0.05) is 297 Å². The number of hydrogen-bond donors (Lipinski definition) is 1. The van der Waals surface area contributed by atoms with Crippen molar-refractivity contribution in [1.82, 2.24) is 0 Å². The van der Waals surface area contributed by atoms with Gasteiger partial charge in [-0.3, -0.25) is 9.59 Å². The van der Waals surface area contributed by atoms with E-state index in [4.69, 9.17) is 9.47 Å². The second-order valence-corrected chi connectivity index (χ2v) is 20.1. The van der Waals surface area contributed by atoms with Gasteiger partial charge in [0.1, 0.15) is 6.61 Å². The standard InChI is InChI=1S/C66H114O5/c1-3-5-7-9-11-13-15-17-19-21-23-25-27-29-31-32-33-34-35-37-39-41-43-45-47-49-51-53-55-57-59-61-66(69)71-64(62-67)63-70-65(68)60-58-56-54-52-50-48-46-44-42-40-38-36-30-28-26-24-22-20-18-16-14-12-10-8-6-4-2/h5,7,11,13,17,19,23,25,29,31,33-34,37,39,43,45,64,67H,3-4,6,8-10,12,14-16,18,20-22,24,26-28,30,32,35-36,38,40-42,44,46-63H2,1-2H3/b7-5-,13-11-,19-17-,25-23-,31-29-,34-33-,39-37-,45-43-. The Kier molecular flexibility index (Phi) is 58.4. The Morgan fingerprint density at radius 2 is 0.606 bits per heavy atom. The quantitative estimate of drug-likeness (QED) is 0.0373. The summed E-state index contributed by atoms with van der Waals surface area (Å²) in [5.74, 6) is -0.601. The Hall–Kier alpha value is -3.18. The second kappa shape index (κ2) is 61.1. The van der Waals surface area contributed by atoms with E-state index < -0.39 is 6.10 Å². The zero-order valence-electron chi connectivity index (χ0n) is 46.7. The molecule has 0 bridgehead atoms. The molecule has 0 aromatic heterocycles. The van der Waals surface area contributed by atoms with Gasteiger partial charge in [0.05, 0.1) is 6.61 Å². The summed E-state index contributed by atoms with van der Waals surface area (Å²) in [6, 6.07) is 0. The van der Waals surface area contributed by atoms with E-state index in [0.29, 0.717) is 12.8 Å². The predicted octanol–water partition coefficient (Wildman–Crippen LogP) is 20.7. The van der Waals surface area contributed by atoms with Crippen molar-refractivity contribution in [3.05, 3.63) is 97.2 Å². The molecule has 0 rings (SSSR count). The van der Waals surface area contributed by atoms with E-state index in [2.05, 4.69) is 111 Å². The molecule has 0 heterocycles. The van der Waals surface area contributed by atoms with Gasteiger partial charge < -0.3 is 14.6 Å². The highest BCUT2D eigenvalue weighted by molar-refractivity contribution is 5.70. The number of esters is 2. The normalized spacial score (nSPS) is 12.9. The summed E-state index contributed by atoms with van der Waals surface area (Å²) in [5, 5.41) is 9.67. The monoisotopic (exact) mass is 987 g/mol. The van der Waals surface area contributed by atoms with Crippen molar-refractivity contribution >= 4 is 11.9 Å². The summed E-state index contributed by atoms with van der Waals surface area (Å²) in [6.45, 7) is 4.04. The molecule has 0 aliphatic heterocycles. The molecule has 408 valence electrons. The first-order valence-corrected chi connectivity index (χ1v) is 30.3. The smallest absolute Gasteiger partial charge is 0.306 e. The lowest BCUT2D eigenvalue weighted by Gasteiger charge is -2.15. The van der Waals surface area contributed by atoms with Crippen LogP contribution in [-0.4, -0.2) is 36.4 Å². The first-order valence-electron chi connectivity index (χ1n) is 30.3. The zero-order chi connectivity index (χ0) is 51.3. The maximum absolute atomic E-state index is 12.3. The summed E-state index contributed by atoms with van der Waals surface area (Å²) in [5.41, 5.74) is 0. The van der Waals surface area contributed by atoms with Crippen LogP contribution in [0.25, 0.3) is 0 Å². The minimum absolute atomic E-state index is 0.0738. The Bertz CT molecular complexity index is 1350. The van der Waals surface area contributed by atoms with Crippen molar-refractivity contribution in [3.63, 3.8) is 0 Å². The Morgan fingerprint density at radius 3 is 0.915 bits per heavy atom. The minimum Gasteiger partial charge on any atom is -0.462 e. The predicted molar refractivity (Wildman–Crippen MR) is 311 cm³/mol. The van der Waals surface area contributed by atoms with E-state index in [0.717, 1.165) is 96.3 Å². The Morgan fingerprint density at radius 1 is 0.338 bits per heavy atom. The molecule has 0 aliphatic carbocycles. The summed E-state index contributed by atoms with van der Waals surface area (Å²) < 4.78 is 10.7. The molecule has 0 spiro atoms. The van der Waals surface area contributed by atoms with E-state index in [-0.39, 0.29) is 25.2 Å². The molecule has 0 aliphatic rings. The van der Waals surface area contributed by atoms with Crippen LogP contribution in [0.2, 0.25) is 0 Å². The maximum Gasteiger partial charge on any atom is 0.306 e. The van der Waals surface area contributed by atoms with Gasteiger partial charge in [-0.25, -0.2) is 0 Å². The Balaban J connectivity index is 3.54. The molecule has 5 nitrogen and oxygen atoms in total. The fourth-order valence-electron chi connectivity index (χ4n) is 8.63. The number of carbonyl (C=O) groups excluding carboxylic acids is 2. The molecule has 0 aromatic rings. The fourth-order valence-corrected chi connectivity index (χ4v) is 8.63. The molecule has 1 unspecified atom stereocenters. The largest absolute Gasteiger partial charge is 0.462 e. The molecule has 0 amide bonds. The van der Waals surface area contributed by atoms with Gasteiger partial charge in [0.2, 0.25) is 0 Å². The van der Waals surface area contributed by atoms with E-state index in [9.17, 15) is 14.7 Å². The van der Waals surface area contributed by atoms with Crippen LogP contribution in [-0.2, 0) is 19.1 Å². The van der Waals surface area contributed by atoms with Gasteiger partial charge in [0.15, 0.2) is 6.10 Å². The number of unbranched alkanes of at least 4 members (excludes halogenated alkanes) is 31. The lowest BCUT2D eigenvalue weighted by molar-refractivity contribution is -0.161. The first-order chi connectivity index (χ1) is 35.1. The third kappa shape index (κ3) is 59.3. The molecular formula is C66H114O5. The highest BCUT2D eigenvalue weighted by Crippen LogP contribution is 2.17. The highest BCUT2D eigenvalue weighted by Gasteiger charge is 2.16. The summed E-state index contributed by atoms with van der Waals surface area (Å²) >= 11 is 0. The maximum atomic E-state index is 12.3. The van der Waals surface area contributed by atoms with Crippen LogP contribution >= 0.6 is 0 Å². The molecule has 0 radical (unpaired) electrons. The van der Waals surface area contributed by atoms with Crippen LogP contribution in [0.15, 0.2) is 97.2 Å². The van der Waals surface area contributed by atoms with Crippen molar-refractivity contribution in [2.45, 2.75) is 296 Å². The molecule has 0 fully saturated rings. The first kappa shape index (κ1) is 67.8. The number of carbonyl (C=O) groups is 2. The number of aliphatic hydroxyl groups is 1. The van der Waals surface area contributed by atoms with Gasteiger partial charge in [-0.2, -0.15) is 0 Å². The van der Waals surface area contributed by atoms with Crippen molar-refractivity contribution in [2.75, 3.05) is 13.2 Å². The van der Waals surface area contributed by atoms with Crippen molar-refractivity contribution in [2.24, 2.45) is 0 Å². The van der Waals surface area contributed by atoms with Crippen LogP contribution in [0.3, 0.4) is 0 Å². The van der Waals surface area contributed by atoms with Gasteiger partial charge in [-0.15, -0.1) is 0 Å². The van der Waals surface area contributed by atoms with E-state index in [1.54, 1.807) is 0 Å². The number of ether oxygens (including phenoxy) is 2. The van der Waals surface area contributed by atoms with Crippen LogP contribution in [0.5, 0.6) is 0 Å². The molecule has 5 heteroatoms. The summed E-state index contributed by atoms with van der Waals surface area (Å²) in [7, 11) is 0. The van der Waals surface area contributed by atoms with Crippen LogP contribution in [0, 0.1) is 0 Å². The number of hydrogen-bond acceptors (Lipinski definition) is 5. The zero-order valence-corrected chi connectivity index (χ0v) is 46.7. The van der Waals surface area contributed by atoms with E-state index >= 15 is 0 Å². The SMILES string of the molecule is CC/C=C\C/C=C\C/C=C\C/C=C\C/C=C\C/C=C\C/C=C\C/C=C\CCCCCCCCC(=O)OC(CO)COC(=O)CCCCCCCCCCCCCCCCCCCCCCCCCCCC. The topological polar surface area (TPSA) is 72.8 Å². The number of aliphatic hydroxyl groups excluding tert-OH is 1. The lowest BCUT2D eigenvalue weighted by Crippen LogP contribution is -2.28. The molecule has 1 N–H and O–H groups in total. The average molecular weight is 988 g/mol. The van der Waals surface area contributed by atoms with Crippen molar-refractivity contribution in [3.8, 4) is 0 Å². The summed E-state index contributed by atoms with van der Waals surface area (Å²) in [6.07, 6.45) is 86.8. The lowest BCUT2D eigenvalue weighted by atomic mass is 10.0. The number of rotatable bonds is 55. The van der Waals surface area contributed by atoms with Crippen LogP contribution in [0.1, 0.15) is 290 Å². The van der Waals surface area contributed by atoms with Crippen LogP contribution in [0.4, 0.5) is 0 Å². The molecule has 71 heavy (non-hydrogen) atoms. The van der Waals surface area contributed by atoms with Crippen LogP contribution < -0.4 is 0 Å². The number of allylic oxidation sites excluding steroid dienone is 16. The second-order valence-electron chi connectivity index (χ2n) is 20.1. The highest BCUT2D eigenvalue weighted by atomic mass is 16.6. The molecule has 1 atom stereocenters. The Labute approximate surface area is 440 Å². The van der Waals surface area contributed by atoms with E-state index in [1.807, 2.05) is 0 Å². The van der Waals surface area contributed by atoms with Crippen molar-refractivity contribution in [1.29, 1.82) is 0 Å². The molecule has 0 aromatic carbocycles. The third-order valence-electron chi connectivity index (χ3n) is 13.1. The van der Waals surface area contributed by atoms with Gasteiger partial charge in [0.25, 0.3) is 0 Å².